The number of benzene rings is 2. The quantitative estimate of drug-likeness (QED) is 0.322. The molecule has 1 N–H and O–H groups in total. The fourth-order valence-corrected chi connectivity index (χ4v) is 3.70. The zero-order valence-electron chi connectivity index (χ0n) is 13.9. The van der Waals surface area contributed by atoms with Gasteiger partial charge in [0, 0.05) is 12.1 Å². The number of nitrogens with one attached hydrogen (secondary N) is 1. The van der Waals surface area contributed by atoms with Gasteiger partial charge in [0.05, 0.1) is 5.75 Å². The van der Waals surface area contributed by atoms with Crippen LogP contribution in [-0.4, -0.2) is 28.3 Å². The molecule has 0 aliphatic heterocycles. The number of ketones is 1. The van der Waals surface area contributed by atoms with Gasteiger partial charge in [0.25, 0.3) is 0 Å². The molecule has 0 aliphatic rings. The lowest BCUT2D eigenvalue weighted by Crippen LogP contribution is -2.02. The Morgan fingerprint density at radius 3 is 2.58 bits per heavy atom. The van der Waals surface area contributed by atoms with E-state index in [0.29, 0.717) is 23.6 Å². The van der Waals surface area contributed by atoms with Crippen LogP contribution in [0.4, 0.5) is 5.13 Å². The van der Waals surface area contributed by atoms with Crippen LogP contribution in [0, 0.1) is 0 Å². The molecule has 3 rings (SSSR count). The molecule has 1 aromatic heterocycles. The number of nitrogens with zero attached hydrogens (tertiary/aromatic N) is 2. The fourth-order valence-electron chi connectivity index (χ4n) is 2.04. The number of aromatic nitrogens is 2. The zero-order valence-corrected chi connectivity index (χ0v) is 15.6. The average Bonchev–Trinajstić information content (AvgIpc) is 3.14. The SMILES string of the molecule is C=CCNc1nnc(SCC(=O)c2ccc(Oc3ccccc3)cc2)s1. The van der Waals surface area contributed by atoms with Gasteiger partial charge < -0.3 is 10.1 Å². The van der Waals surface area contributed by atoms with Crippen LogP contribution < -0.4 is 10.1 Å². The number of carbonyl (C=O) groups is 1. The first-order valence-corrected chi connectivity index (χ1v) is 9.72. The molecule has 0 fully saturated rings. The topological polar surface area (TPSA) is 64.1 Å². The van der Waals surface area contributed by atoms with E-state index in [-0.39, 0.29) is 5.78 Å². The number of Topliss-reactive ketones (excluding diaryl/α,β-unsaturated/α-hetero) is 1. The van der Waals surface area contributed by atoms with Gasteiger partial charge in [-0.15, -0.1) is 16.8 Å². The standard InChI is InChI=1S/C19H17N3O2S2/c1-2-12-20-18-21-22-19(26-18)25-13-17(23)14-8-10-16(11-9-14)24-15-6-4-3-5-7-15/h2-11H,1,12-13H2,(H,20,21). The lowest BCUT2D eigenvalue weighted by atomic mass is 10.1. The van der Waals surface area contributed by atoms with Gasteiger partial charge in [-0.25, -0.2) is 0 Å². The van der Waals surface area contributed by atoms with Crippen LogP contribution in [0.2, 0.25) is 0 Å². The van der Waals surface area contributed by atoms with Crippen LogP contribution in [0.15, 0.2) is 71.6 Å². The molecule has 3 aromatic rings. The third-order valence-corrected chi connectivity index (χ3v) is 5.30. The Morgan fingerprint density at radius 1 is 1.12 bits per heavy atom. The highest BCUT2D eigenvalue weighted by molar-refractivity contribution is 8.01. The van der Waals surface area contributed by atoms with Gasteiger partial charge in [-0.3, -0.25) is 4.79 Å². The summed E-state index contributed by atoms with van der Waals surface area (Å²) >= 11 is 2.81. The predicted octanol–water partition coefficient (Wildman–Crippen LogP) is 4.90. The number of para-hydroxylation sites is 1. The summed E-state index contributed by atoms with van der Waals surface area (Å²) in [6.45, 7) is 4.27. The molecule has 2 aromatic carbocycles. The number of ether oxygens (including phenoxy) is 1. The lowest BCUT2D eigenvalue weighted by Gasteiger charge is -2.06. The Morgan fingerprint density at radius 2 is 1.85 bits per heavy atom. The van der Waals surface area contributed by atoms with Crippen molar-refractivity contribution < 1.29 is 9.53 Å². The van der Waals surface area contributed by atoms with Crippen molar-refractivity contribution in [2.45, 2.75) is 4.34 Å². The molecule has 5 nitrogen and oxygen atoms in total. The molecule has 0 saturated carbocycles. The van der Waals surface area contributed by atoms with Crippen molar-refractivity contribution in [1.82, 2.24) is 10.2 Å². The molecular formula is C19H17N3O2S2. The first-order valence-electron chi connectivity index (χ1n) is 7.92. The van der Waals surface area contributed by atoms with Crippen LogP contribution in [-0.2, 0) is 0 Å². The van der Waals surface area contributed by atoms with Gasteiger partial charge in [0.2, 0.25) is 5.13 Å². The van der Waals surface area contributed by atoms with E-state index < -0.39 is 0 Å². The highest BCUT2D eigenvalue weighted by Crippen LogP contribution is 2.26. The molecule has 0 unspecified atom stereocenters. The number of anilines is 1. The Bertz CT molecular complexity index is 864. The third-order valence-electron chi connectivity index (χ3n) is 3.29. The number of rotatable bonds is 9. The Balaban J connectivity index is 1.53. The summed E-state index contributed by atoms with van der Waals surface area (Å²) in [6, 6.07) is 16.7. The molecule has 0 aliphatic carbocycles. The van der Waals surface area contributed by atoms with E-state index >= 15 is 0 Å². The van der Waals surface area contributed by atoms with Crippen LogP contribution in [0.25, 0.3) is 0 Å². The van der Waals surface area contributed by atoms with E-state index in [0.717, 1.165) is 15.2 Å². The van der Waals surface area contributed by atoms with Crippen molar-refractivity contribution in [2.24, 2.45) is 0 Å². The monoisotopic (exact) mass is 383 g/mol. The molecular weight excluding hydrogens is 366 g/mol. The highest BCUT2D eigenvalue weighted by atomic mass is 32.2. The van der Waals surface area contributed by atoms with E-state index in [4.69, 9.17) is 4.74 Å². The second kappa shape index (κ2) is 9.17. The van der Waals surface area contributed by atoms with E-state index in [1.165, 1.54) is 23.1 Å². The van der Waals surface area contributed by atoms with Gasteiger partial charge in [-0.05, 0) is 36.4 Å². The van der Waals surface area contributed by atoms with Crippen molar-refractivity contribution in [1.29, 1.82) is 0 Å². The fraction of sp³-hybridized carbons (Fsp3) is 0.105. The molecule has 1 heterocycles. The van der Waals surface area contributed by atoms with Gasteiger partial charge >= 0.3 is 0 Å². The second-order valence-electron chi connectivity index (χ2n) is 5.19. The first-order chi connectivity index (χ1) is 12.7. The summed E-state index contributed by atoms with van der Waals surface area (Å²) in [6.07, 6.45) is 1.75. The Hall–Kier alpha value is -2.64. The molecule has 0 spiro atoms. The van der Waals surface area contributed by atoms with Crippen molar-refractivity contribution in [3.05, 3.63) is 72.8 Å². The Kier molecular flexibility index (Phi) is 6.40. The number of hydrogen-bond donors (Lipinski definition) is 1. The molecule has 132 valence electrons. The summed E-state index contributed by atoms with van der Waals surface area (Å²) < 4.78 is 6.49. The molecule has 0 radical (unpaired) electrons. The largest absolute Gasteiger partial charge is 0.457 e. The van der Waals surface area contributed by atoms with Crippen LogP contribution >= 0.6 is 23.1 Å². The van der Waals surface area contributed by atoms with Crippen LogP contribution in [0.1, 0.15) is 10.4 Å². The number of carbonyl (C=O) groups excluding carboxylic acids is 1. The normalized spacial score (nSPS) is 10.3. The van der Waals surface area contributed by atoms with Gasteiger partial charge in [0.1, 0.15) is 11.5 Å². The first kappa shape index (κ1) is 18.2. The minimum Gasteiger partial charge on any atom is -0.457 e. The molecule has 0 bridgehead atoms. The van der Waals surface area contributed by atoms with Crippen molar-refractivity contribution in [2.75, 3.05) is 17.6 Å². The lowest BCUT2D eigenvalue weighted by molar-refractivity contribution is 0.102. The Labute approximate surface area is 160 Å². The summed E-state index contributed by atoms with van der Waals surface area (Å²) in [5, 5.41) is 11.9. The summed E-state index contributed by atoms with van der Waals surface area (Å²) in [4.78, 5) is 12.3. The van der Waals surface area contributed by atoms with E-state index in [1.54, 1.807) is 30.3 Å². The molecule has 0 atom stereocenters. The highest BCUT2D eigenvalue weighted by Gasteiger charge is 2.10. The van der Waals surface area contributed by atoms with E-state index in [1.807, 2.05) is 30.3 Å². The summed E-state index contributed by atoms with van der Waals surface area (Å²) in [5.41, 5.74) is 0.646. The average molecular weight is 383 g/mol. The maximum atomic E-state index is 12.3. The molecule has 7 heteroatoms. The van der Waals surface area contributed by atoms with Crippen molar-refractivity contribution >= 4 is 34.0 Å². The van der Waals surface area contributed by atoms with E-state index in [2.05, 4.69) is 22.1 Å². The summed E-state index contributed by atoms with van der Waals surface area (Å²) in [5.74, 6) is 1.81. The predicted molar refractivity (Wildman–Crippen MR) is 107 cm³/mol. The minimum absolute atomic E-state index is 0.0389. The van der Waals surface area contributed by atoms with Gasteiger partial charge in [-0.1, -0.05) is 47.4 Å². The second-order valence-corrected chi connectivity index (χ2v) is 7.39. The van der Waals surface area contributed by atoms with Crippen molar-refractivity contribution in [3.63, 3.8) is 0 Å². The zero-order chi connectivity index (χ0) is 18.2. The third kappa shape index (κ3) is 5.18. The van der Waals surface area contributed by atoms with Crippen molar-refractivity contribution in [3.8, 4) is 11.5 Å². The minimum atomic E-state index is 0.0389. The van der Waals surface area contributed by atoms with Crippen LogP contribution in [0.5, 0.6) is 11.5 Å². The van der Waals surface area contributed by atoms with Gasteiger partial charge in [0.15, 0.2) is 10.1 Å². The number of thioether (sulfide) groups is 1. The molecule has 0 amide bonds. The molecule has 0 saturated heterocycles. The van der Waals surface area contributed by atoms with Crippen LogP contribution in [0.3, 0.4) is 0 Å². The van der Waals surface area contributed by atoms with E-state index in [9.17, 15) is 4.79 Å². The molecule has 26 heavy (non-hydrogen) atoms. The maximum absolute atomic E-state index is 12.3. The maximum Gasteiger partial charge on any atom is 0.206 e. The number of hydrogen-bond acceptors (Lipinski definition) is 7. The van der Waals surface area contributed by atoms with Gasteiger partial charge in [-0.2, -0.15) is 0 Å². The smallest absolute Gasteiger partial charge is 0.206 e. The summed E-state index contributed by atoms with van der Waals surface area (Å²) in [7, 11) is 0.